The van der Waals surface area contributed by atoms with Crippen molar-refractivity contribution in [1.82, 2.24) is 30.4 Å². The fourth-order valence-corrected chi connectivity index (χ4v) is 2.89. The molecule has 1 unspecified atom stereocenters. The van der Waals surface area contributed by atoms with Crippen LogP contribution in [0.4, 0.5) is 0 Å². The lowest BCUT2D eigenvalue weighted by molar-refractivity contribution is 0.0936. The van der Waals surface area contributed by atoms with Crippen LogP contribution in [0, 0.1) is 0 Å². The summed E-state index contributed by atoms with van der Waals surface area (Å²) >= 11 is 6.31. The predicted octanol–water partition coefficient (Wildman–Crippen LogP) is 1.95. The standard InChI is InChI=1S/C17H19ClN6O3/c1-23(2)14(15-5-4-6-27-15)9-19-17(25)11-7-12(18)13(8-16(11)26-3)24-10-20-21-22-24/h4-8,10,14H,9H2,1-3H3,(H,19,25). The maximum Gasteiger partial charge on any atom is 0.255 e. The van der Waals surface area contributed by atoms with Crippen LogP contribution < -0.4 is 10.1 Å². The summed E-state index contributed by atoms with van der Waals surface area (Å²) in [6, 6.07) is 6.72. The summed E-state index contributed by atoms with van der Waals surface area (Å²) in [6.07, 6.45) is 3.01. The van der Waals surface area contributed by atoms with Gasteiger partial charge in [0, 0.05) is 12.6 Å². The molecule has 1 aromatic carbocycles. The van der Waals surface area contributed by atoms with Crippen molar-refractivity contribution < 1.29 is 13.9 Å². The van der Waals surface area contributed by atoms with Gasteiger partial charge in [-0.2, -0.15) is 4.68 Å². The first-order valence-electron chi connectivity index (χ1n) is 8.10. The normalized spacial score (nSPS) is 12.2. The minimum absolute atomic E-state index is 0.106. The third-order valence-electron chi connectivity index (χ3n) is 4.06. The summed E-state index contributed by atoms with van der Waals surface area (Å²) in [5.41, 5.74) is 0.827. The van der Waals surface area contributed by atoms with Gasteiger partial charge >= 0.3 is 0 Å². The lowest BCUT2D eigenvalue weighted by Gasteiger charge is -2.23. The molecule has 3 rings (SSSR count). The lowest BCUT2D eigenvalue weighted by Crippen LogP contribution is -2.34. The number of hydrogen-bond donors (Lipinski definition) is 1. The zero-order chi connectivity index (χ0) is 19.4. The highest BCUT2D eigenvalue weighted by atomic mass is 35.5. The van der Waals surface area contributed by atoms with Crippen LogP contribution >= 0.6 is 11.6 Å². The fraction of sp³-hybridized carbons (Fsp3) is 0.294. The van der Waals surface area contributed by atoms with Crippen molar-refractivity contribution in [3.63, 3.8) is 0 Å². The van der Waals surface area contributed by atoms with E-state index in [-0.39, 0.29) is 11.9 Å². The number of nitrogens with one attached hydrogen (secondary N) is 1. The van der Waals surface area contributed by atoms with E-state index in [0.717, 1.165) is 5.76 Å². The van der Waals surface area contributed by atoms with E-state index in [1.807, 2.05) is 31.1 Å². The second-order valence-electron chi connectivity index (χ2n) is 5.96. The molecule has 142 valence electrons. The zero-order valence-corrected chi connectivity index (χ0v) is 15.8. The Kier molecular flexibility index (Phi) is 5.72. The Balaban J connectivity index is 1.81. The van der Waals surface area contributed by atoms with Crippen molar-refractivity contribution in [1.29, 1.82) is 0 Å². The summed E-state index contributed by atoms with van der Waals surface area (Å²) in [6.45, 7) is 0.356. The van der Waals surface area contributed by atoms with Gasteiger partial charge in [-0.25, -0.2) is 0 Å². The number of nitrogens with zero attached hydrogens (tertiary/aromatic N) is 5. The first-order chi connectivity index (χ1) is 13.0. The lowest BCUT2D eigenvalue weighted by atomic mass is 10.1. The van der Waals surface area contributed by atoms with Crippen LogP contribution in [0.25, 0.3) is 5.69 Å². The molecular weight excluding hydrogens is 372 g/mol. The van der Waals surface area contributed by atoms with E-state index >= 15 is 0 Å². The second kappa shape index (κ2) is 8.19. The van der Waals surface area contributed by atoms with Crippen LogP contribution in [0.3, 0.4) is 0 Å². The molecule has 10 heteroatoms. The van der Waals surface area contributed by atoms with E-state index in [4.69, 9.17) is 20.8 Å². The number of likely N-dealkylation sites (N-methyl/N-ethyl adjacent to an activating group) is 1. The first kappa shape index (κ1) is 18.9. The monoisotopic (exact) mass is 390 g/mol. The van der Waals surface area contributed by atoms with Gasteiger partial charge in [-0.1, -0.05) is 11.6 Å². The number of carbonyl (C=O) groups is 1. The van der Waals surface area contributed by atoms with Gasteiger partial charge in [-0.3, -0.25) is 9.69 Å². The van der Waals surface area contributed by atoms with Gasteiger partial charge in [-0.15, -0.1) is 5.10 Å². The molecule has 1 amide bonds. The van der Waals surface area contributed by atoms with Crippen LogP contribution in [0.1, 0.15) is 22.2 Å². The number of hydrogen-bond acceptors (Lipinski definition) is 7. The van der Waals surface area contributed by atoms with Crippen LogP contribution in [0.5, 0.6) is 5.75 Å². The van der Waals surface area contributed by atoms with E-state index in [2.05, 4.69) is 20.8 Å². The van der Waals surface area contributed by atoms with Crippen molar-refractivity contribution in [2.75, 3.05) is 27.7 Å². The van der Waals surface area contributed by atoms with Gasteiger partial charge < -0.3 is 14.5 Å². The van der Waals surface area contributed by atoms with Gasteiger partial charge in [-0.05, 0) is 42.7 Å². The molecule has 0 radical (unpaired) electrons. The molecular formula is C17H19ClN6O3. The fourth-order valence-electron chi connectivity index (χ4n) is 2.64. The molecule has 0 saturated heterocycles. The number of tetrazole rings is 1. The Morgan fingerprint density at radius 1 is 1.44 bits per heavy atom. The molecule has 0 aliphatic carbocycles. The number of furan rings is 1. The van der Waals surface area contributed by atoms with E-state index in [0.29, 0.717) is 28.6 Å². The highest BCUT2D eigenvalue weighted by Gasteiger charge is 2.21. The summed E-state index contributed by atoms with van der Waals surface area (Å²) in [5.74, 6) is 0.816. The molecule has 1 atom stereocenters. The van der Waals surface area contributed by atoms with E-state index in [1.54, 1.807) is 12.3 Å². The number of methoxy groups -OCH3 is 1. The Morgan fingerprint density at radius 3 is 2.85 bits per heavy atom. The van der Waals surface area contributed by atoms with Crippen molar-refractivity contribution in [3.05, 3.63) is 53.2 Å². The second-order valence-corrected chi connectivity index (χ2v) is 6.37. The van der Waals surface area contributed by atoms with Crippen LogP contribution in [0.2, 0.25) is 5.02 Å². The maximum absolute atomic E-state index is 12.7. The predicted molar refractivity (Wildman–Crippen MR) is 98.2 cm³/mol. The number of ether oxygens (including phenoxy) is 1. The third-order valence-corrected chi connectivity index (χ3v) is 4.36. The van der Waals surface area contributed by atoms with Crippen molar-refractivity contribution >= 4 is 17.5 Å². The molecule has 9 nitrogen and oxygen atoms in total. The Hall–Kier alpha value is -2.91. The van der Waals surface area contributed by atoms with Gasteiger partial charge in [0.25, 0.3) is 5.91 Å². The average molecular weight is 391 g/mol. The molecule has 27 heavy (non-hydrogen) atoms. The highest BCUT2D eigenvalue weighted by molar-refractivity contribution is 6.33. The minimum atomic E-state index is -0.310. The Morgan fingerprint density at radius 2 is 2.26 bits per heavy atom. The van der Waals surface area contributed by atoms with Crippen LogP contribution in [-0.2, 0) is 0 Å². The van der Waals surface area contributed by atoms with Crippen LogP contribution in [-0.4, -0.2) is 58.8 Å². The summed E-state index contributed by atoms with van der Waals surface area (Å²) in [5, 5.41) is 14.2. The molecule has 0 bridgehead atoms. The summed E-state index contributed by atoms with van der Waals surface area (Å²) in [4.78, 5) is 14.7. The van der Waals surface area contributed by atoms with Crippen molar-refractivity contribution in [2.45, 2.75) is 6.04 Å². The van der Waals surface area contributed by atoms with E-state index < -0.39 is 0 Å². The minimum Gasteiger partial charge on any atom is -0.496 e. The van der Waals surface area contributed by atoms with Crippen LogP contribution in [0.15, 0.2) is 41.3 Å². The number of aromatic nitrogens is 4. The maximum atomic E-state index is 12.7. The van der Waals surface area contributed by atoms with Crippen molar-refractivity contribution in [2.24, 2.45) is 0 Å². The largest absolute Gasteiger partial charge is 0.496 e. The third kappa shape index (κ3) is 4.09. The first-order valence-corrected chi connectivity index (χ1v) is 8.48. The van der Waals surface area contributed by atoms with E-state index in [1.165, 1.54) is 24.2 Å². The number of carbonyl (C=O) groups excluding carboxylic acids is 1. The van der Waals surface area contributed by atoms with Gasteiger partial charge in [0.1, 0.15) is 17.8 Å². The van der Waals surface area contributed by atoms with Gasteiger partial charge in [0.05, 0.1) is 35.7 Å². The summed E-state index contributed by atoms with van der Waals surface area (Å²) in [7, 11) is 5.31. The average Bonchev–Trinajstić information content (AvgIpc) is 3.35. The van der Waals surface area contributed by atoms with E-state index in [9.17, 15) is 4.79 Å². The number of benzene rings is 1. The molecule has 0 aliphatic heterocycles. The van der Waals surface area contributed by atoms with Crippen molar-refractivity contribution in [3.8, 4) is 11.4 Å². The Labute approximate surface area is 160 Å². The SMILES string of the molecule is COc1cc(-n2cnnn2)c(Cl)cc1C(=O)NCC(c1ccco1)N(C)C. The molecule has 2 aromatic heterocycles. The zero-order valence-electron chi connectivity index (χ0n) is 15.1. The highest BCUT2D eigenvalue weighted by Crippen LogP contribution is 2.29. The molecule has 0 saturated carbocycles. The smallest absolute Gasteiger partial charge is 0.255 e. The summed E-state index contributed by atoms with van der Waals surface area (Å²) < 4.78 is 12.2. The molecule has 0 aliphatic rings. The molecule has 1 N–H and O–H groups in total. The molecule has 2 heterocycles. The number of amides is 1. The number of rotatable bonds is 7. The van der Waals surface area contributed by atoms with Gasteiger partial charge in [0.2, 0.25) is 0 Å². The van der Waals surface area contributed by atoms with Gasteiger partial charge in [0.15, 0.2) is 0 Å². The number of halogens is 1. The molecule has 0 fully saturated rings. The topological polar surface area (TPSA) is 98.3 Å². The molecule has 3 aromatic rings. The Bertz CT molecular complexity index is 896. The quantitative estimate of drug-likeness (QED) is 0.658. The molecule has 0 spiro atoms.